The molecule has 0 radical (unpaired) electrons. The zero-order valence-electron chi connectivity index (χ0n) is 17.2. The average Bonchev–Trinajstić information content (AvgIpc) is 2.53. The minimum Gasteiger partial charge on any atom is -0.358 e. The van der Waals surface area contributed by atoms with E-state index in [0.717, 1.165) is 5.57 Å². The lowest BCUT2D eigenvalue weighted by molar-refractivity contribution is -0.165. The highest BCUT2D eigenvalue weighted by Crippen LogP contribution is 2.54. The van der Waals surface area contributed by atoms with Gasteiger partial charge in [-0.15, -0.1) is 0 Å². The zero-order valence-corrected chi connectivity index (χ0v) is 17.2. The SMILES string of the molecule is COC1(OC)C=C(c2ccccc2)C(O)(O)C(C(C)(C)C)=C1C(C)(C)C. The maximum atomic E-state index is 11.4. The molecule has 4 heteroatoms. The standard InChI is InChI=1S/C22H32O4/c1-19(2,3)17-18(20(4,5)6)22(23,24)16(14-21(17,25-7)26-8)15-12-10-9-11-13-15/h9-14,23-24H,1-8H3. The van der Waals surface area contributed by atoms with Gasteiger partial charge in [-0.25, -0.2) is 0 Å². The largest absolute Gasteiger partial charge is 0.358 e. The van der Waals surface area contributed by atoms with Crippen LogP contribution in [0.3, 0.4) is 0 Å². The lowest BCUT2D eigenvalue weighted by atomic mass is 9.64. The summed E-state index contributed by atoms with van der Waals surface area (Å²) in [6.07, 6.45) is 1.69. The van der Waals surface area contributed by atoms with Gasteiger partial charge < -0.3 is 19.7 Å². The molecule has 0 bridgehead atoms. The van der Waals surface area contributed by atoms with Crippen LogP contribution >= 0.6 is 0 Å². The molecule has 2 rings (SSSR count). The van der Waals surface area contributed by atoms with Crippen LogP contribution in [-0.2, 0) is 9.47 Å². The molecule has 26 heavy (non-hydrogen) atoms. The van der Waals surface area contributed by atoms with Gasteiger partial charge in [-0.3, -0.25) is 0 Å². The molecule has 4 nitrogen and oxygen atoms in total. The van der Waals surface area contributed by atoms with Crippen LogP contribution in [0.15, 0.2) is 47.6 Å². The Bertz CT molecular complexity index is 709. The van der Waals surface area contributed by atoms with Crippen LogP contribution in [0.5, 0.6) is 0 Å². The minimum atomic E-state index is -2.14. The molecule has 1 aliphatic carbocycles. The van der Waals surface area contributed by atoms with Gasteiger partial charge in [0.1, 0.15) is 0 Å². The number of hydrogen-bond acceptors (Lipinski definition) is 4. The van der Waals surface area contributed by atoms with Gasteiger partial charge in [0.2, 0.25) is 11.6 Å². The smallest absolute Gasteiger partial charge is 0.214 e. The predicted molar refractivity (Wildman–Crippen MR) is 104 cm³/mol. The van der Waals surface area contributed by atoms with Crippen molar-refractivity contribution in [2.24, 2.45) is 10.8 Å². The number of aliphatic hydroxyl groups is 2. The molecular formula is C22H32O4. The van der Waals surface area contributed by atoms with Crippen LogP contribution in [0.2, 0.25) is 0 Å². The number of rotatable bonds is 3. The fourth-order valence-electron chi connectivity index (χ4n) is 3.95. The number of methoxy groups -OCH3 is 2. The molecular weight excluding hydrogens is 328 g/mol. The van der Waals surface area contributed by atoms with Crippen LogP contribution < -0.4 is 0 Å². The molecule has 1 aromatic rings. The first-order chi connectivity index (χ1) is 11.8. The van der Waals surface area contributed by atoms with Gasteiger partial charge in [0, 0.05) is 30.9 Å². The Morgan fingerprint density at radius 3 is 1.62 bits per heavy atom. The van der Waals surface area contributed by atoms with Crippen LogP contribution in [0.25, 0.3) is 5.57 Å². The lowest BCUT2D eigenvalue weighted by Crippen LogP contribution is -2.52. The van der Waals surface area contributed by atoms with Gasteiger partial charge in [0.05, 0.1) is 0 Å². The van der Waals surface area contributed by atoms with Crippen molar-refractivity contribution in [2.75, 3.05) is 14.2 Å². The van der Waals surface area contributed by atoms with E-state index in [0.29, 0.717) is 16.7 Å². The Morgan fingerprint density at radius 1 is 0.769 bits per heavy atom. The molecule has 0 spiro atoms. The van der Waals surface area contributed by atoms with Gasteiger partial charge in [-0.05, 0) is 22.5 Å². The Hall–Kier alpha value is -1.46. The van der Waals surface area contributed by atoms with Crippen molar-refractivity contribution in [1.29, 1.82) is 0 Å². The van der Waals surface area contributed by atoms with Crippen molar-refractivity contribution in [3.63, 3.8) is 0 Å². The molecule has 0 amide bonds. The predicted octanol–water partition coefficient (Wildman–Crippen LogP) is 4.14. The first kappa shape index (κ1) is 20.8. The monoisotopic (exact) mass is 360 g/mol. The molecule has 0 aromatic heterocycles. The van der Waals surface area contributed by atoms with E-state index in [4.69, 9.17) is 9.47 Å². The van der Waals surface area contributed by atoms with Crippen molar-refractivity contribution in [1.82, 2.24) is 0 Å². The van der Waals surface area contributed by atoms with Gasteiger partial charge in [0.15, 0.2) is 0 Å². The topological polar surface area (TPSA) is 58.9 Å². The molecule has 0 saturated carbocycles. The van der Waals surface area contributed by atoms with E-state index in [1.165, 1.54) is 0 Å². The highest BCUT2D eigenvalue weighted by molar-refractivity contribution is 5.78. The normalized spacial score (nSPS) is 20.2. The molecule has 144 valence electrons. The van der Waals surface area contributed by atoms with Crippen LogP contribution in [0, 0.1) is 10.8 Å². The molecule has 0 saturated heterocycles. The van der Waals surface area contributed by atoms with Crippen LogP contribution in [0.4, 0.5) is 0 Å². The zero-order chi connectivity index (χ0) is 20.0. The first-order valence-electron chi connectivity index (χ1n) is 8.91. The highest BCUT2D eigenvalue weighted by Gasteiger charge is 2.54. The Labute approximate surface area is 157 Å². The van der Waals surface area contributed by atoms with Gasteiger partial charge >= 0.3 is 0 Å². The molecule has 1 aliphatic rings. The Balaban J connectivity index is 2.95. The van der Waals surface area contributed by atoms with Crippen LogP contribution in [0.1, 0.15) is 47.1 Å². The summed E-state index contributed by atoms with van der Waals surface area (Å²) in [6.45, 7) is 12.0. The summed E-state index contributed by atoms with van der Waals surface area (Å²) in [5, 5.41) is 22.7. The summed E-state index contributed by atoms with van der Waals surface area (Å²) in [5.74, 6) is -3.32. The fourth-order valence-corrected chi connectivity index (χ4v) is 3.95. The fraction of sp³-hybridized carbons (Fsp3) is 0.545. The van der Waals surface area contributed by atoms with Crippen molar-refractivity contribution in [2.45, 2.75) is 53.1 Å². The molecule has 1 aromatic carbocycles. The minimum absolute atomic E-state index is 0.361. The average molecular weight is 360 g/mol. The third-order valence-electron chi connectivity index (χ3n) is 4.85. The van der Waals surface area contributed by atoms with Crippen molar-refractivity contribution < 1.29 is 19.7 Å². The quantitative estimate of drug-likeness (QED) is 0.628. The number of benzene rings is 1. The van der Waals surface area contributed by atoms with Crippen molar-refractivity contribution in [3.05, 3.63) is 53.1 Å². The maximum Gasteiger partial charge on any atom is 0.214 e. The van der Waals surface area contributed by atoms with E-state index < -0.39 is 22.4 Å². The van der Waals surface area contributed by atoms with Crippen LogP contribution in [-0.4, -0.2) is 36.0 Å². The molecule has 0 atom stereocenters. The summed E-state index contributed by atoms with van der Waals surface area (Å²) < 4.78 is 11.7. The van der Waals surface area contributed by atoms with E-state index in [1.807, 2.05) is 71.9 Å². The van der Waals surface area contributed by atoms with E-state index in [9.17, 15) is 10.2 Å². The molecule has 0 unspecified atom stereocenters. The van der Waals surface area contributed by atoms with E-state index >= 15 is 0 Å². The Kier molecular flexibility index (Phi) is 5.30. The first-order valence-corrected chi connectivity index (χ1v) is 8.91. The van der Waals surface area contributed by atoms with Crippen molar-refractivity contribution >= 4 is 5.57 Å². The van der Waals surface area contributed by atoms with Gasteiger partial charge in [-0.1, -0.05) is 71.9 Å². The summed E-state index contributed by atoms with van der Waals surface area (Å²) in [6, 6.07) is 9.34. The summed E-state index contributed by atoms with van der Waals surface area (Å²) in [5.41, 5.74) is 1.37. The number of hydrogen-bond donors (Lipinski definition) is 2. The third kappa shape index (κ3) is 3.39. The summed E-state index contributed by atoms with van der Waals surface area (Å²) >= 11 is 0. The van der Waals surface area contributed by atoms with Crippen molar-refractivity contribution in [3.8, 4) is 0 Å². The summed E-state index contributed by atoms with van der Waals surface area (Å²) in [4.78, 5) is 0. The second-order valence-electron chi connectivity index (χ2n) is 8.92. The third-order valence-corrected chi connectivity index (χ3v) is 4.85. The molecule has 0 aliphatic heterocycles. The van der Waals surface area contributed by atoms with E-state index in [1.54, 1.807) is 20.3 Å². The second kappa shape index (κ2) is 6.61. The Morgan fingerprint density at radius 2 is 1.23 bits per heavy atom. The van der Waals surface area contributed by atoms with E-state index in [-0.39, 0.29) is 0 Å². The van der Waals surface area contributed by atoms with Gasteiger partial charge in [0.25, 0.3) is 0 Å². The van der Waals surface area contributed by atoms with E-state index in [2.05, 4.69) is 0 Å². The van der Waals surface area contributed by atoms with Gasteiger partial charge in [-0.2, -0.15) is 0 Å². The lowest BCUT2D eigenvalue weighted by Gasteiger charge is -2.49. The number of ether oxygens (including phenoxy) is 2. The molecule has 2 N–H and O–H groups in total. The second-order valence-corrected chi connectivity index (χ2v) is 8.92. The highest BCUT2D eigenvalue weighted by atomic mass is 16.7. The maximum absolute atomic E-state index is 11.4. The summed E-state index contributed by atoms with van der Waals surface area (Å²) in [7, 11) is 3.16. The molecule has 0 fully saturated rings. The molecule has 0 heterocycles.